The van der Waals surface area contributed by atoms with E-state index in [4.69, 9.17) is 9.15 Å². The molecule has 9 heteroatoms. The summed E-state index contributed by atoms with van der Waals surface area (Å²) < 4.78 is 36.2. The van der Waals surface area contributed by atoms with Crippen molar-refractivity contribution < 1.29 is 22.4 Å². The molecule has 0 aliphatic carbocycles. The molecule has 0 spiro atoms. The SMILES string of the molecule is CCOc1ccc2oc(-c3csc(NC(=O)CCCS(=O)(=O)c4ccc(C)cc4)n3)cc2c1. The molecule has 2 aromatic carbocycles. The summed E-state index contributed by atoms with van der Waals surface area (Å²) in [4.78, 5) is 17.0. The molecule has 0 fully saturated rings. The van der Waals surface area contributed by atoms with Crippen LogP contribution in [0.2, 0.25) is 0 Å². The monoisotopic (exact) mass is 484 g/mol. The zero-order valence-corrected chi connectivity index (χ0v) is 20.0. The van der Waals surface area contributed by atoms with Crippen LogP contribution < -0.4 is 10.1 Å². The summed E-state index contributed by atoms with van der Waals surface area (Å²) in [6, 6.07) is 14.2. The molecule has 4 rings (SSSR count). The minimum absolute atomic E-state index is 0.0880. The fourth-order valence-corrected chi connectivity index (χ4v) is 5.34. The van der Waals surface area contributed by atoms with Crippen LogP contribution in [0.1, 0.15) is 25.3 Å². The summed E-state index contributed by atoms with van der Waals surface area (Å²) in [5.41, 5.74) is 2.34. The van der Waals surface area contributed by atoms with E-state index in [-0.39, 0.29) is 29.4 Å². The van der Waals surface area contributed by atoms with E-state index < -0.39 is 9.84 Å². The van der Waals surface area contributed by atoms with Crippen LogP contribution in [-0.2, 0) is 14.6 Å². The van der Waals surface area contributed by atoms with Crippen LogP contribution in [0.5, 0.6) is 5.75 Å². The van der Waals surface area contributed by atoms with Crippen molar-refractivity contribution in [3.8, 4) is 17.2 Å². The second-order valence-electron chi connectivity index (χ2n) is 7.56. The van der Waals surface area contributed by atoms with E-state index in [1.807, 2.05) is 38.1 Å². The lowest BCUT2D eigenvalue weighted by atomic mass is 10.2. The smallest absolute Gasteiger partial charge is 0.226 e. The van der Waals surface area contributed by atoms with E-state index >= 15 is 0 Å². The number of carbonyl (C=O) groups excluding carboxylic acids is 1. The molecular weight excluding hydrogens is 460 g/mol. The van der Waals surface area contributed by atoms with E-state index in [0.717, 1.165) is 22.3 Å². The molecule has 0 radical (unpaired) electrons. The van der Waals surface area contributed by atoms with E-state index in [0.29, 0.717) is 23.2 Å². The number of aryl methyl sites for hydroxylation is 1. The van der Waals surface area contributed by atoms with Gasteiger partial charge in [0, 0.05) is 17.2 Å². The fourth-order valence-electron chi connectivity index (χ4n) is 3.32. The number of carbonyl (C=O) groups is 1. The van der Waals surface area contributed by atoms with E-state index in [1.54, 1.807) is 29.6 Å². The van der Waals surface area contributed by atoms with Crippen LogP contribution in [0.3, 0.4) is 0 Å². The van der Waals surface area contributed by atoms with E-state index in [2.05, 4.69) is 10.3 Å². The Kier molecular flexibility index (Phi) is 6.80. The van der Waals surface area contributed by atoms with Crippen LogP contribution in [0.4, 0.5) is 5.13 Å². The largest absolute Gasteiger partial charge is 0.494 e. The second kappa shape index (κ2) is 9.76. The number of anilines is 1. The van der Waals surface area contributed by atoms with Gasteiger partial charge in [0.25, 0.3) is 0 Å². The third-order valence-electron chi connectivity index (χ3n) is 5.00. The Labute approximate surface area is 196 Å². The van der Waals surface area contributed by atoms with Gasteiger partial charge in [0.15, 0.2) is 20.7 Å². The van der Waals surface area contributed by atoms with Gasteiger partial charge >= 0.3 is 0 Å². The highest BCUT2D eigenvalue weighted by molar-refractivity contribution is 7.91. The zero-order chi connectivity index (χ0) is 23.4. The Morgan fingerprint density at radius 1 is 1.15 bits per heavy atom. The number of thiazole rings is 1. The number of ether oxygens (including phenoxy) is 1. The van der Waals surface area contributed by atoms with Gasteiger partial charge in [-0.1, -0.05) is 17.7 Å². The molecule has 172 valence electrons. The lowest BCUT2D eigenvalue weighted by Crippen LogP contribution is -2.14. The van der Waals surface area contributed by atoms with Gasteiger partial charge in [-0.15, -0.1) is 11.3 Å². The number of sulfone groups is 1. The molecule has 2 heterocycles. The number of amides is 1. The van der Waals surface area contributed by atoms with Gasteiger partial charge in [0.05, 0.1) is 17.3 Å². The molecule has 0 atom stereocenters. The Morgan fingerprint density at radius 3 is 2.70 bits per heavy atom. The van der Waals surface area contributed by atoms with Crippen molar-refractivity contribution in [2.75, 3.05) is 17.7 Å². The summed E-state index contributed by atoms with van der Waals surface area (Å²) in [6.07, 6.45) is 0.316. The van der Waals surface area contributed by atoms with Gasteiger partial charge in [0.2, 0.25) is 5.91 Å². The zero-order valence-electron chi connectivity index (χ0n) is 18.3. The Balaban J connectivity index is 1.34. The number of nitrogens with zero attached hydrogens (tertiary/aromatic N) is 1. The number of rotatable bonds is 9. The molecule has 0 saturated carbocycles. The van der Waals surface area contributed by atoms with Gasteiger partial charge in [-0.2, -0.15) is 0 Å². The van der Waals surface area contributed by atoms with Gasteiger partial charge < -0.3 is 14.5 Å². The van der Waals surface area contributed by atoms with Gasteiger partial charge in [0.1, 0.15) is 17.0 Å². The van der Waals surface area contributed by atoms with Crippen molar-refractivity contribution in [3.05, 3.63) is 59.5 Å². The molecule has 1 amide bonds. The van der Waals surface area contributed by atoms with Crippen molar-refractivity contribution in [1.29, 1.82) is 0 Å². The maximum absolute atomic E-state index is 12.4. The number of aromatic nitrogens is 1. The predicted octanol–water partition coefficient (Wildman–Crippen LogP) is 5.46. The molecule has 0 bridgehead atoms. The van der Waals surface area contributed by atoms with Crippen LogP contribution in [-0.4, -0.2) is 31.7 Å². The van der Waals surface area contributed by atoms with Crippen molar-refractivity contribution in [2.45, 2.75) is 31.6 Å². The Bertz CT molecular complexity index is 1370. The molecule has 4 aromatic rings. The first-order valence-electron chi connectivity index (χ1n) is 10.6. The lowest BCUT2D eigenvalue weighted by Gasteiger charge is -2.05. The summed E-state index contributed by atoms with van der Waals surface area (Å²) >= 11 is 1.29. The third kappa shape index (κ3) is 5.61. The Hall–Kier alpha value is -3.17. The van der Waals surface area contributed by atoms with E-state index in [9.17, 15) is 13.2 Å². The molecule has 1 N–H and O–H groups in total. The highest BCUT2D eigenvalue weighted by Crippen LogP contribution is 2.32. The maximum Gasteiger partial charge on any atom is 0.226 e. The number of furan rings is 1. The van der Waals surface area contributed by atoms with Crippen molar-refractivity contribution in [1.82, 2.24) is 4.98 Å². The van der Waals surface area contributed by atoms with Crippen LogP contribution in [0.15, 0.2) is 63.2 Å². The Morgan fingerprint density at radius 2 is 1.94 bits per heavy atom. The summed E-state index contributed by atoms with van der Waals surface area (Å²) in [6.45, 7) is 4.42. The van der Waals surface area contributed by atoms with Crippen molar-refractivity contribution in [3.63, 3.8) is 0 Å². The topological polar surface area (TPSA) is 98.5 Å². The highest BCUT2D eigenvalue weighted by Gasteiger charge is 2.16. The molecule has 0 aliphatic heterocycles. The molecule has 0 aliphatic rings. The second-order valence-corrected chi connectivity index (χ2v) is 10.5. The molecule has 33 heavy (non-hydrogen) atoms. The highest BCUT2D eigenvalue weighted by atomic mass is 32.2. The summed E-state index contributed by atoms with van der Waals surface area (Å²) in [7, 11) is -3.41. The third-order valence-corrected chi connectivity index (χ3v) is 7.57. The average molecular weight is 485 g/mol. The first-order chi connectivity index (χ1) is 15.8. The molecule has 7 nitrogen and oxygen atoms in total. The van der Waals surface area contributed by atoms with Gasteiger partial charge in [-0.05, 0) is 56.7 Å². The lowest BCUT2D eigenvalue weighted by molar-refractivity contribution is -0.116. The summed E-state index contributed by atoms with van der Waals surface area (Å²) in [5, 5.41) is 5.89. The van der Waals surface area contributed by atoms with Gasteiger partial charge in [-0.25, -0.2) is 13.4 Å². The molecular formula is C24H24N2O5S2. The van der Waals surface area contributed by atoms with Crippen LogP contribution in [0, 0.1) is 6.92 Å². The van der Waals surface area contributed by atoms with Crippen molar-refractivity contribution in [2.24, 2.45) is 0 Å². The van der Waals surface area contributed by atoms with Gasteiger partial charge in [-0.3, -0.25) is 4.79 Å². The normalized spacial score (nSPS) is 11.6. The number of nitrogens with one attached hydrogen (secondary N) is 1. The first kappa shape index (κ1) is 23.0. The van der Waals surface area contributed by atoms with Crippen LogP contribution >= 0.6 is 11.3 Å². The quantitative estimate of drug-likeness (QED) is 0.339. The molecule has 2 aromatic heterocycles. The number of hydrogen-bond donors (Lipinski definition) is 1. The first-order valence-corrected chi connectivity index (χ1v) is 13.1. The molecule has 0 saturated heterocycles. The minimum atomic E-state index is -3.41. The van der Waals surface area contributed by atoms with E-state index in [1.165, 1.54) is 11.3 Å². The average Bonchev–Trinajstić information content (AvgIpc) is 3.40. The number of benzene rings is 2. The van der Waals surface area contributed by atoms with Crippen LogP contribution in [0.25, 0.3) is 22.4 Å². The fraction of sp³-hybridized carbons (Fsp3) is 0.250. The van der Waals surface area contributed by atoms with Crippen molar-refractivity contribution >= 4 is 43.2 Å². The number of hydrogen-bond acceptors (Lipinski definition) is 7. The molecule has 0 unspecified atom stereocenters. The maximum atomic E-state index is 12.4. The summed E-state index contributed by atoms with van der Waals surface area (Å²) in [5.74, 6) is 1.00. The number of fused-ring (bicyclic) bond motifs is 1. The standard InChI is InChI=1S/C24H24N2O5S2/c1-3-30-18-8-11-21-17(13-18)14-22(31-21)20-15-32-24(25-20)26-23(27)5-4-12-33(28,29)19-9-6-16(2)7-10-19/h6-11,13-15H,3-5,12H2,1-2H3,(H,25,26,27). The minimum Gasteiger partial charge on any atom is -0.494 e. The predicted molar refractivity (Wildman–Crippen MR) is 130 cm³/mol.